The van der Waals surface area contributed by atoms with Crippen molar-refractivity contribution in [2.45, 2.75) is 240 Å². The number of ether oxygens (including phenoxy) is 2. The molecule has 1 aromatic rings. The van der Waals surface area contributed by atoms with E-state index >= 15 is 0 Å². The van der Waals surface area contributed by atoms with Crippen LogP contribution < -0.4 is 0 Å². The molecule has 0 aliphatic rings. The van der Waals surface area contributed by atoms with Gasteiger partial charge in [-0.3, -0.25) is 9.59 Å². The molecule has 0 aromatic heterocycles. The maximum absolute atomic E-state index is 12.6. The Bertz CT molecular complexity index is 931. The largest absolute Gasteiger partial charge is 0.461 e. The minimum atomic E-state index is -0.119. The molecule has 0 atom stereocenters. The summed E-state index contributed by atoms with van der Waals surface area (Å²) in [6, 6.07) is 6.24. The summed E-state index contributed by atoms with van der Waals surface area (Å²) in [4.78, 5) is 27.4. The van der Waals surface area contributed by atoms with Gasteiger partial charge in [0.05, 0.1) is 0 Å². The predicted molar refractivity (Wildman–Crippen MR) is 232 cm³/mol. The number of hydrogen-bond donors (Lipinski definition) is 0. The molecular formula is C49H89NO4. The highest BCUT2D eigenvalue weighted by Gasteiger charge is 2.12. The van der Waals surface area contributed by atoms with E-state index in [0.29, 0.717) is 12.8 Å². The number of esters is 2. The Hall–Kier alpha value is -1.88. The third-order valence-electron chi connectivity index (χ3n) is 11.3. The number of benzene rings is 1. The first-order valence-electron chi connectivity index (χ1n) is 23.4. The Labute approximate surface area is 335 Å². The summed E-state index contributed by atoms with van der Waals surface area (Å²) < 4.78 is 11.4. The van der Waals surface area contributed by atoms with E-state index in [9.17, 15) is 9.59 Å². The molecule has 0 N–H and O–H groups in total. The molecule has 0 aliphatic carbocycles. The predicted octanol–water partition coefficient (Wildman–Crippen LogP) is 14.8. The summed E-state index contributed by atoms with van der Waals surface area (Å²) >= 11 is 0. The van der Waals surface area contributed by atoms with Crippen LogP contribution in [0.25, 0.3) is 0 Å². The number of carbonyl (C=O) groups is 2. The highest BCUT2D eigenvalue weighted by atomic mass is 16.5. The second kappa shape index (κ2) is 35.5. The summed E-state index contributed by atoms with van der Waals surface area (Å²) in [5.41, 5.74) is 3.05. The lowest BCUT2D eigenvalue weighted by Crippen LogP contribution is -2.12. The van der Waals surface area contributed by atoms with Crippen molar-refractivity contribution in [1.29, 1.82) is 0 Å². The highest BCUT2D eigenvalue weighted by molar-refractivity contribution is 5.69. The smallest absolute Gasteiger partial charge is 0.306 e. The van der Waals surface area contributed by atoms with Crippen molar-refractivity contribution in [1.82, 2.24) is 4.90 Å². The van der Waals surface area contributed by atoms with Crippen LogP contribution in [0.4, 0.5) is 0 Å². The van der Waals surface area contributed by atoms with Crippen LogP contribution >= 0.6 is 0 Å². The molecule has 0 saturated heterocycles. The third-order valence-corrected chi connectivity index (χ3v) is 11.3. The number of unbranched alkanes of at least 4 members (excludes halogenated alkanes) is 16. The maximum Gasteiger partial charge on any atom is 0.306 e. The number of nitrogens with zero attached hydrogens (tertiary/aromatic N) is 1. The van der Waals surface area contributed by atoms with Gasteiger partial charge in [0.15, 0.2) is 0 Å². The maximum atomic E-state index is 12.6. The van der Waals surface area contributed by atoms with Gasteiger partial charge < -0.3 is 14.4 Å². The van der Waals surface area contributed by atoms with Crippen LogP contribution in [0.5, 0.6) is 0 Å². The van der Waals surface area contributed by atoms with Crippen molar-refractivity contribution in [3.05, 3.63) is 34.9 Å². The second-order valence-corrected chi connectivity index (χ2v) is 17.0. The van der Waals surface area contributed by atoms with Crippen LogP contribution in [-0.2, 0) is 38.8 Å². The van der Waals surface area contributed by atoms with Crippen molar-refractivity contribution in [2.24, 2.45) is 11.8 Å². The van der Waals surface area contributed by atoms with Gasteiger partial charge in [-0.2, -0.15) is 0 Å². The minimum absolute atomic E-state index is 0.119. The Balaban J connectivity index is 2.36. The Kier molecular flexibility index (Phi) is 33.0. The van der Waals surface area contributed by atoms with E-state index in [1.165, 1.54) is 154 Å². The summed E-state index contributed by atoms with van der Waals surface area (Å²) in [5, 5.41) is 0. The number of hydrogen-bond acceptors (Lipinski definition) is 5. The zero-order valence-corrected chi connectivity index (χ0v) is 36.8. The Morgan fingerprint density at radius 3 is 1.07 bits per heavy atom. The van der Waals surface area contributed by atoms with E-state index in [4.69, 9.17) is 9.47 Å². The Morgan fingerprint density at radius 2 is 0.741 bits per heavy atom. The monoisotopic (exact) mass is 756 g/mol. The van der Waals surface area contributed by atoms with E-state index in [2.05, 4.69) is 44.7 Å². The normalized spacial score (nSPS) is 11.6. The van der Waals surface area contributed by atoms with Crippen LogP contribution in [0.3, 0.4) is 0 Å². The van der Waals surface area contributed by atoms with Gasteiger partial charge in [0, 0.05) is 19.4 Å². The molecule has 0 heterocycles. The highest BCUT2D eigenvalue weighted by Crippen LogP contribution is 2.25. The fourth-order valence-corrected chi connectivity index (χ4v) is 8.00. The molecule has 314 valence electrons. The topological polar surface area (TPSA) is 55.8 Å². The lowest BCUT2D eigenvalue weighted by molar-refractivity contribution is -0.145. The van der Waals surface area contributed by atoms with Crippen molar-refractivity contribution >= 4 is 11.9 Å². The van der Waals surface area contributed by atoms with Crippen LogP contribution in [-0.4, -0.2) is 30.9 Å². The molecule has 54 heavy (non-hydrogen) atoms. The van der Waals surface area contributed by atoms with E-state index < -0.39 is 0 Å². The molecule has 0 fully saturated rings. The molecule has 0 spiro atoms. The van der Waals surface area contributed by atoms with Gasteiger partial charge in [0.2, 0.25) is 0 Å². The molecule has 0 saturated carbocycles. The van der Waals surface area contributed by atoms with Crippen LogP contribution in [0.15, 0.2) is 18.2 Å². The van der Waals surface area contributed by atoms with Crippen LogP contribution in [0.2, 0.25) is 0 Å². The molecule has 0 unspecified atom stereocenters. The van der Waals surface area contributed by atoms with Gasteiger partial charge in [-0.15, -0.1) is 0 Å². The fraction of sp³-hybridized carbons (Fsp3) is 0.837. The summed E-state index contributed by atoms with van der Waals surface area (Å²) in [6.07, 6.45) is 37.3. The zero-order valence-electron chi connectivity index (χ0n) is 36.8. The SMILES string of the molecule is CCCCCC(CCCCC)CCCCCCCC(=O)OCc1cc(COC(=O)CCCCCCCC(CCCCC)CCCCC)cc(CN(C)C)c1. The second-order valence-electron chi connectivity index (χ2n) is 17.0. The lowest BCUT2D eigenvalue weighted by atomic mass is 9.90. The number of rotatable bonds is 38. The molecule has 0 amide bonds. The first-order chi connectivity index (χ1) is 26.3. The molecule has 1 aromatic carbocycles. The molecular weight excluding hydrogens is 667 g/mol. The average molecular weight is 756 g/mol. The minimum Gasteiger partial charge on any atom is -0.461 e. The molecule has 0 bridgehead atoms. The van der Waals surface area contributed by atoms with Gasteiger partial charge in [-0.25, -0.2) is 0 Å². The quantitative estimate of drug-likeness (QED) is 0.0497. The van der Waals surface area contributed by atoms with Crippen molar-refractivity contribution in [3.8, 4) is 0 Å². The molecule has 0 aliphatic heterocycles. The van der Waals surface area contributed by atoms with Gasteiger partial charge in [0.25, 0.3) is 0 Å². The molecule has 5 heteroatoms. The van der Waals surface area contributed by atoms with Gasteiger partial charge in [0.1, 0.15) is 13.2 Å². The van der Waals surface area contributed by atoms with E-state index in [-0.39, 0.29) is 25.2 Å². The third kappa shape index (κ3) is 29.4. The van der Waals surface area contributed by atoms with Gasteiger partial charge in [-0.05, 0) is 61.5 Å². The molecule has 0 radical (unpaired) electrons. The van der Waals surface area contributed by atoms with Crippen LogP contribution in [0, 0.1) is 11.8 Å². The van der Waals surface area contributed by atoms with Gasteiger partial charge in [-0.1, -0.05) is 207 Å². The standard InChI is InChI=1S/C49H89NO4/c1-7-11-21-29-43(30-22-12-8-2)33-25-17-15-19-27-35-48(51)53-41-46-37-45(40-50(5)6)38-47(39-46)42-54-49(52)36-28-20-16-18-26-34-44(31-23-13-9-3)32-24-14-10-4/h37-39,43-44H,7-36,40-42H2,1-6H3. The number of carbonyl (C=O) groups excluding carboxylic acids is 2. The van der Waals surface area contributed by atoms with Gasteiger partial charge >= 0.3 is 11.9 Å². The summed E-state index contributed by atoms with van der Waals surface area (Å²) in [7, 11) is 4.09. The van der Waals surface area contributed by atoms with E-state index in [1.54, 1.807) is 0 Å². The van der Waals surface area contributed by atoms with Crippen molar-refractivity contribution in [2.75, 3.05) is 14.1 Å². The fourth-order valence-electron chi connectivity index (χ4n) is 8.00. The molecule has 5 nitrogen and oxygen atoms in total. The Morgan fingerprint density at radius 1 is 0.444 bits per heavy atom. The lowest BCUT2D eigenvalue weighted by Gasteiger charge is -2.16. The summed E-state index contributed by atoms with van der Waals surface area (Å²) in [6.45, 7) is 10.5. The van der Waals surface area contributed by atoms with E-state index in [0.717, 1.165) is 60.8 Å². The zero-order chi connectivity index (χ0) is 39.5. The first kappa shape index (κ1) is 50.1. The van der Waals surface area contributed by atoms with E-state index in [1.807, 2.05) is 20.2 Å². The average Bonchev–Trinajstić information content (AvgIpc) is 3.15. The first-order valence-corrected chi connectivity index (χ1v) is 23.4. The van der Waals surface area contributed by atoms with Crippen LogP contribution in [0.1, 0.15) is 237 Å². The molecule has 1 rings (SSSR count). The van der Waals surface area contributed by atoms with Crippen molar-refractivity contribution < 1.29 is 19.1 Å². The van der Waals surface area contributed by atoms with Crippen molar-refractivity contribution in [3.63, 3.8) is 0 Å². The summed E-state index contributed by atoms with van der Waals surface area (Å²) in [5.74, 6) is 1.59.